The van der Waals surface area contributed by atoms with E-state index in [1.165, 1.54) is 5.56 Å². The summed E-state index contributed by atoms with van der Waals surface area (Å²) in [6, 6.07) is 8.03. The summed E-state index contributed by atoms with van der Waals surface area (Å²) in [7, 11) is 0. The van der Waals surface area contributed by atoms with Gasteiger partial charge in [-0.05, 0) is 37.0 Å². The predicted molar refractivity (Wildman–Crippen MR) is 102 cm³/mol. The van der Waals surface area contributed by atoms with Gasteiger partial charge in [0.05, 0.1) is 13.2 Å². The standard InChI is InChI=1S/C22H26N2O4/c25-22(17-3-1-15(2-4-17)18-8-12-27-14-18)24-9-5-20-19(13-24)23-21(28-20)16-6-10-26-11-7-16/h1-4,16,18H,5-14H2. The SMILES string of the molecule is O=C(c1ccc(C2CCOC2)cc1)N1CCc2oc(C3CCOCC3)nc2C1. The number of hydrogen-bond donors (Lipinski definition) is 0. The molecule has 3 aliphatic heterocycles. The quantitative estimate of drug-likeness (QED) is 0.815. The number of rotatable bonds is 3. The van der Waals surface area contributed by atoms with Crippen molar-refractivity contribution in [3.8, 4) is 0 Å². The molecule has 1 aromatic carbocycles. The van der Waals surface area contributed by atoms with Crippen LogP contribution in [0.3, 0.4) is 0 Å². The van der Waals surface area contributed by atoms with Crippen molar-refractivity contribution in [1.82, 2.24) is 9.88 Å². The summed E-state index contributed by atoms with van der Waals surface area (Å²) in [5.74, 6) is 2.64. The molecule has 4 heterocycles. The Kier molecular flexibility index (Phi) is 4.91. The van der Waals surface area contributed by atoms with Crippen LogP contribution in [0.2, 0.25) is 0 Å². The molecular formula is C22H26N2O4. The zero-order valence-corrected chi connectivity index (χ0v) is 16.1. The first kappa shape index (κ1) is 17.9. The Morgan fingerprint density at radius 1 is 1.00 bits per heavy atom. The van der Waals surface area contributed by atoms with Gasteiger partial charge in [-0.3, -0.25) is 4.79 Å². The van der Waals surface area contributed by atoms with Crippen LogP contribution in [0, 0.1) is 0 Å². The van der Waals surface area contributed by atoms with E-state index in [1.54, 1.807) is 0 Å². The zero-order valence-electron chi connectivity index (χ0n) is 16.1. The molecule has 148 valence electrons. The molecule has 0 spiro atoms. The summed E-state index contributed by atoms with van der Waals surface area (Å²) in [5, 5.41) is 0. The highest BCUT2D eigenvalue weighted by atomic mass is 16.5. The summed E-state index contributed by atoms with van der Waals surface area (Å²) in [5.41, 5.74) is 2.91. The number of nitrogens with zero attached hydrogens (tertiary/aromatic N) is 2. The van der Waals surface area contributed by atoms with E-state index in [-0.39, 0.29) is 5.91 Å². The molecule has 1 aromatic heterocycles. The van der Waals surface area contributed by atoms with Crippen molar-refractivity contribution in [2.75, 3.05) is 33.0 Å². The van der Waals surface area contributed by atoms with E-state index in [0.717, 1.165) is 75.0 Å². The second-order valence-corrected chi connectivity index (χ2v) is 7.97. The molecule has 6 nitrogen and oxygen atoms in total. The maximum atomic E-state index is 13.0. The van der Waals surface area contributed by atoms with Crippen molar-refractivity contribution in [2.45, 2.75) is 44.1 Å². The molecule has 1 unspecified atom stereocenters. The third-order valence-corrected chi connectivity index (χ3v) is 6.16. The first-order valence-corrected chi connectivity index (χ1v) is 10.3. The molecule has 28 heavy (non-hydrogen) atoms. The van der Waals surface area contributed by atoms with Crippen LogP contribution in [0.25, 0.3) is 0 Å². The topological polar surface area (TPSA) is 64.8 Å². The summed E-state index contributed by atoms with van der Waals surface area (Å²) < 4.78 is 16.9. The van der Waals surface area contributed by atoms with Crippen molar-refractivity contribution < 1.29 is 18.7 Å². The largest absolute Gasteiger partial charge is 0.445 e. The maximum absolute atomic E-state index is 13.0. The molecule has 2 aromatic rings. The Bertz CT molecular complexity index is 833. The van der Waals surface area contributed by atoms with Crippen LogP contribution >= 0.6 is 0 Å². The Morgan fingerprint density at radius 3 is 2.50 bits per heavy atom. The molecule has 1 amide bonds. The van der Waals surface area contributed by atoms with Gasteiger partial charge in [0.1, 0.15) is 11.5 Å². The van der Waals surface area contributed by atoms with Crippen molar-refractivity contribution >= 4 is 5.91 Å². The summed E-state index contributed by atoms with van der Waals surface area (Å²) >= 11 is 0. The van der Waals surface area contributed by atoms with E-state index in [0.29, 0.717) is 24.9 Å². The Hall–Kier alpha value is -2.18. The number of fused-ring (bicyclic) bond motifs is 1. The zero-order chi connectivity index (χ0) is 18.9. The number of oxazole rings is 1. The number of hydrogen-bond acceptors (Lipinski definition) is 5. The second-order valence-electron chi connectivity index (χ2n) is 7.97. The van der Waals surface area contributed by atoms with Gasteiger partial charge in [-0.2, -0.15) is 0 Å². The lowest BCUT2D eigenvalue weighted by atomic mass is 9.97. The third kappa shape index (κ3) is 3.47. The minimum atomic E-state index is 0.0653. The van der Waals surface area contributed by atoms with Gasteiger partial charge >= 0.3 is 0 Å². The number of benzene rings is 1. The molecule has 0 saturated carbocycles. The van der Waals surface area contributed by atoms with E-state index in [2.05, 4.69) is 12.1 Å². The van der Waals surface area contributed by atoms with Gasteiger partial charge < -0.3 is 18.8 Å². The van der Waals surface area contributed by atoms with Gasteiger partial charge in [0.15, 0.2) is 5.89 Å². The van der Waals surface area contributed by atoms with Crippen molar-refractivity contribution in [1.29, 1.82) is 0 Å². The Balaban J connectivity index is 1.27. The van der Waals surface area contributed by atoms with E-state index < -0.39 is 0 Å². The van der Waals surface area contributed by atoms with Gasteiger partial charge in [0, 0.05) is 50.2 Å². The lowest BCUT2D eigenvalue weighted by Gasteiger charge is -2.25. The van der Waals surface area contributed by atoms with Gasteiger partial charge in [0.2, 0.25) is 0 Å². The maximum Gasteiger partial charge on any atom is 0.254 e. The fraction of sp³-hybridized carbons (Fsp3) is 0.545. The average molecular weight is 382 g/mol. The normalized spacial score (nSPS) is 23.0. The monoisotopic (exact) mass is 382 g/mol. The van der Waals surface area contributed by atoms with Gasteiger partial charge in [-0.15, -0.1) is 0 Å². The van der Waals surface area contributed by atoms with E-state index >= 15 is 0 Å². The summed E-state index contributed by atoms with van der Waals surface area (Å²) in [4.78, 5) is 19.6. The number of aromatic nitrogens is 1. The van der Waals surface area contributed by atoms with E-state index in [1.807, 2.05) is 17.0 Å². The molecule has 0 aliphatic carbocycles. The second kappa shape index (κ2) is 7.68. The third-order valence-electron chi connectivity index (χ3n) is 6.16. The highest BCUT2D eigenvalue weighted by Gasteiger charge is 2.29. The van der Waals surface area contributed by atoms with Crippen molar-refractivity contribution in [2.24, 2.45) is 0 Å². The van der Waals surface area contributed by atoms with E-state index in [4.69, 9.17) is 18.9 Å². The van der Waals surface area contributed by atoms with Crippen molar-refractivity contribution in [3.05, 3.63) is 52.7 Å². The van der Waals surface area contributed by atoms with Gasteiger partial charge in [-0.1, -0.05) is 12.1 Å². The van der Waals surface area contributed by atoms with E-state index in [9.17, 15) is 4.79 Å². The molecule has 0 radical (unpaired) electrons. The lowest BCUT2D eigenvalue weighted by molar-refractivity contribution is 0.0726. The number of amides is 1. The molecule has 1 atom stereocenters. The Labute approximate surface area is 164 Å². The van der Waals surface area contributed by atoms with Crippen LogP contribution in [0.4, 0.5) is 0 Å². The lowest BCUT2D eigenvalue weighted by Crippen LogP contribution is -2.35. The fourth-order valence-electron chi connectivity index (χ4n) is 4.39. The highest BCUT2D eigenvalue weighted by molar-refractivity contribution is 5.94. The smallest absolute Gasteiger partial charge is 0.254 e. The number of carbonyl (C=O) groups excluding carboxylic acids is 1. The molecular weight excluding hydrogens is 356 g/mol. The number of carbonyl (C=O) groups is 1. The van der Waals surface area contributed by atoms with Crippen LogP contribution in [0.1, 0.15) is 64.4 Å². The highest BCUT2D eigenvalue weighted by Crippen LogP contribution is 2.30. The molecule has 0 bridgehead atoms. The molecule has 2 saturated heterocycles. The number of ether oxygens (including phenoxy) is 2. The minimum absolute atomic E-state index is 0.0653. The van der Waals surface area contributed by atoms with Crippen LogP contribution in [0.5, 0.6) is 0 Å². The van der Waals surface area contributed by atoms with Gasteiger partial charge in [0.25, 0.3) is 5.91 Å². The van der Waals surface area contributed by atoms with Crippen LogP contribution < -0.4 is 0 Å². The molecule has 6 heteroatoms. The molecule has 3 aliphatic rings. The van der Waals surface area contributed by atoms with Crippen LogP contribution in [-0.2, 0) is 22.4 Å². The van der Waals surface area contributed by atoms with Crippen LogP contribution in [0.15, 0.2) is 28.7 Å². The summed E-state index contributed by atoms with van der Waals surface area (Å²) in [6.07, 6.45) is 3.71. The van der Waals surface area contributed by atoms with Crippen molar-refractivity contribution in [3.63, 3.8) is 0 Å². The van der Waals surface area contributed by atoms with Gasteiger partial charge in [-0.25, -0.2) is 4.98 Å². The average Bonchev–Trinajstić information content (AvgIpc) is 3.43. The Morgan fingerprint density at radius 2 is 1.75 bits per heavy atom. The van der Waals surface area contributed by atoms with Crippen LogP contribution in [-0.4, -0.2) is 48.8 Å². The molecule has 2 fully saturated rings. The first-order valence-electron chi connectivity index (χ1n) is 10.3. The minimum Gasteiger partial charge on any atom is -0.445 e. The predicted octanol–water partition coefficient (Wildman–Crippen LogP) is 3.27. The first-order chi connectivity index (χ1) is 13.8. The fourth-order valence-corrected chi connectivity index (χ4v) is 4.39. The molecule has 0 N–H and O–H groups in total. The molecule has 5 rings (SSSR count). The summed E-state index contributed by atoms with van der Waals surface area (Å²) in [6.45, 7) is 4.35.